The Morgan fingerprint density at radius 2 is 1.76 bits per heavy atom. The van der Waals surface area contributed by atoms with Gasteiger partial charge < -0.3 is 10.1 Å². The molecule has 0 unspecified atom stereocenters. The first-order valence-corrected chi connectivity index (χ1v) is 6.76. The molecule has 0 bridgehead atoms. The van der Waals surface area contributed by atoms with Crippen molar-refractivity contribution in [3.63, 3.8) is 0 Å². The molecule has 0 saturated carbocycles. The lowest BCUT2D eigenvalue weighted by Crippen LogP contribution is -2.25. The summed E-state index contributed by atoms with van der Waals surface area (Å²) < 4.78 is 17.9. The molecule has 4 heteroatoms. The minimum atomic E-state index is -0.298. The smallest absolute Gasteiger partial charge is 0.224 e. The van der Waals surface area contributed by atoms with Crippen LogP contribution in [0.4, 0.5) is 4.39 Å². The zero-order valence-corrected chi connectivity index (χ0v) is 11.9. The summed E-state index contributed by atoms with van der Waals surface area (Å²) in [7, 11) is 1.64. The zero-order valence-electron chi connectivity index (χ0n) is 11.9. The summed E-state index contributed by atoms with van der Waals surface area (Å²) >= 11 is 0. The van der Waals surface area contributed by atoms with Crippen molar-refractivity contribution in [1.29, 1.82) is 0 Å². The van der Waals surface area contributed by atoms with Gasteiger partial charge in [-0.3, -0.25) is 4.79 Å². The molecular weight excluding hydrogens is 269 g/mol. The Bertz CT molecular complexity index is 596. The van der Waals surface area contributed by atoms with Crippen molar-refractivity contribution in [2.45, 2.75) is 19.6 Å². The molecule has 0 heterocycles. The Hall–Kier alpha value is -2.20. The maximum Gasteiger partial charge on any atom is 0.224 e. The standard InChI is InChI=1S/C17H18FNO2/c1-21-12-15-5-3-2-4-14(15)11-19-17(20)10-13-6-8-16(18)9-7-13/h2-9H,10-12H2,1H3,(H,19,20). The summed E-state index contributed by atoms with van der Waals surface area (Å²) in [6.45, 7) is 0.976. The second-order valence-electron chi connectivity index (χ2n) is 4.78. The molecule has 0 radical (unpaired) electrons. The van der Waals surface area contributed by atoms with Gasteiger partial charge in [-0.15, -0.1) is 0 Å². The topological polar surface area (TPSA) is 38.3 Å². The Balaban J connectivity index is 1.90. The van der Waals surface area contributed by atoms with Crippen molar-refractivity contribution in [3.8, 4) is 0 Å². The first-order chi connectivity index (χ1) is 10.2. The van der Waals surface area contributed by atoms with E-state index < -0.39 is 0 Å². The van der Waals surface area contributed by atoms with Gasteiger partial charge in [0.05, 0.1) is 13.0 Å². The van der Waals surface area contributed by atoms with Crippen LogP contribution in [-0.4, -0.2) is 13.0 Å². The third kappa shape index (κ3) is 4.68. The molecule has 0 atom stereocenters. The van der Waals surface area contributed by atoms with E-state index in [0.717, 1.165) is 16.7 Å². The van der Waals surface area contributed by atoms with Gasteiger partial charge in [-0.05, 0) is 28.8 Å². The molecule has 0 aliphatic carbocycles. The first kappa shape index (κ1) is 15.2. The van der Waals surface area contributed by atoms with Gasteiger partial charge in [0.2, 0.25) is 5.91 Å². The second kappa shape index (κ2) is 7.55. The molecule has 3 nitrogen and oxygen atoms in total. The highest BCUT2D eigenvalue weighted by Crippen LogP contribution is 2.10. The van der Waals surface area contributed by atoms with E-state index in [1.54, 1.807) is 19.2 Å². The number of halogens is 1. The van der Waals surface area contributed by atoms with E-state index >= 15 is 0 Å². The summed E-state index contributed by atoms with van der Waals surface area (Å²) in [5.74, 6) is -0.388. The number of hydrogen-bond acceptors (Lipinski definition) is 2. The minimum Gasteiger partial charge on any atom is -0.380 e. The van der Waals surface area contributed by atoms with E-state index in [4.69, 9.17) is 4.74 Å². The third-order valence-corrected chi connectivity index (χ3v) is 3.17. The molecule has 0 fully saturated rings. The van der Waals surface area contributed by atoms with E-state index in [1.165, 1.54) is 12.1 Å². The van der Waals surface area contributed by atoms with Gasteiger partial charge in [0.25, 0.3) is 0 Å². The highest BCUT2D eigenvalue weighted by molar-refractivity contribution is 5.78. The van der Waals surface area contributed by atoms with Crippen LogP contribution in [0, 0.1) is 5.82 Å². The summed E-state index contributed by atoms with van der Waals surface area (Å²) in [6, 6.07) is 13.8. The number of methoxy groups -OCH3 is 1. The van der Waals surface area contributed by atoms with Gasteiger partial charge in [-0.1, -0.05) is 36.4 Å². The SMILES string of the molecule is COCc1ccccc1CNC(=O)Cc1ccc(F)cc1. The zero-order chi connectivity index (χ0) is 15.1. The average Bonchev–Trinajstić information content (AvgIpc) is 2.49. The van der Waals surface area contributed by atoms with Crippen LogP contribution in [0.2, 0.25) is 0 Å². The summed E-state index contributed by atoms with van der Waals surface area (Å²) in [4.78, 5) is 11.9. The molecule has 0 spiro atoms. The Labute approximate surface area is 123 Å². The van der Waals surface area contributed by atoms with Crippen LogP contribution in [-0.2, 0) is 29.1 Å². The number of benzene rings is 2. The number of hydrogen-bond donors (Lipinski definition) is 1. The lowest BCUT2D eigenvalue weighted by atomic mass is 10.1. The number of amides is 1. The summed E-state index contributed by atoms with van der Waals surface area (Å²) in [5.41, 5.74) is 2.88. The lowest BCUT2D eigenvalue weighted by molar-refractivity contribution is -0.120. The van der Waals surface area contributed by atoms with Gasteiger partial charge in [0, 0.05) is 13.7 Å². The number of carbonyl (C=O) groups is 1. The van der Waals surface area contributed by atoms with Gasteiger partial charge in [-0.25, -0.2) is 4.39 Å². The predicted octanol–water partition coefficient (Wildman–Crippen LogP) is 2.83. The van der Waals surface area contributed by atoms with Crippen LogP contribution in [0.3, 0.4) is 0 Å². The normalized spacial score (nSPS) is 10.4. The molecule has 2 rings (SSSR count). The summed E-state index contributed by atoms with van der Waals surface area (Å²) in [6.07, 6.45) is 0.243. The third-order valence-electron chi connectivity index (χ3n) is 3.17. The molecule has 1 N–H and O–H groups in total. The van der Waals surface area contributed by atoms with E-state index in [2.05, 4.69) is 5.32 Å². The molecule has 0 aliphatic rings. The maximum absolute atomic E-state index is 12.8. The highest BCUT2D eigenvalue weighted by Gasteiger charge is 2.06. The van der Waals surface area contributed by atoms with E-state index in [-0.39, 0.29) is 18.1 Å². The quantitative estimate of drug-likeness (QED) is 0.887. The second-order valence-corrected chi connectivity index (χ2v) is 4.78. The maximum atomic E-state index is 12.8. The largest absolute Gasteiger partial charge is 0.380 e. The van der Waals surface area contributed by atoms with E-state index in [1.807, 2.05) is 24.3 Å². The number of carbonyl (C=O) groups excluding carboxylic acids is 1. The van der Waals surface area contributed by atoms with Crippen LogP contribution < -0.4 is 5.32 Å². The van der Waals surface area contributed by atoms with Gasteiger partial charge >= 0.3 is 0 Å². The van der Waals surface area contributed by atoms with Crippen LogP contribution >= 0.6 is 0 Å². The summed E-state index contributed by atoms with van der Waals surface area (Å²) in [5, 5.41) is 2.87. The molecule has 0 aliphatic heterocycles. The monoisotopic (exact) mass is 287 g/mol. The molecule has 0 aromatic heterocycles. The van der Waals surface area contributed by atoms with Gasteiger partial charge in [0.15, 0.2) is 0 Å². The molecule has 2 aromatic rings. The molecule has 1 amide bonds. The predicted molar refractivity (Wildman–Crippen MR) is 79.1 cm³/mol. The van der Waals surface area contributed by atoms with Crippen LogP contribution in [0.5, 0.6) is 0 Å². The van der Waals surface area contributed by atoms with E-state index in [9.17, 15) is 9.18 Å². The lowest BCUT2D eigenvalue weighted by Gasteiger charge is -2.10. The first-order valence-electron chi connectivity index (χ1n) is 6.76. The Morgan fingerprint density at radius 1 is 1.10 bits per heavy atom. The van der Waals surface area contributed by atoms with Crippen molar-refractivity contribution in [2.75, 3.05) is 7.11 Å². The fourth-order valence-corrected chi connectivity index (χ4v) is 2.07. The van der Waals surface area contributed by atoms with Crippen molar-refractivity contribution in [3.05, 3.63) is 71.0 Å². The van der Waals surface area contributed by atoms with Crippen LogP contribution in [0.25, 0.3) is 0 Å². The van der Waals surface area contributed by atoms with E-state index in [0.29, 0.717) is 13.2 Å². The van der Waals surface area contributed by atoms with Crippen molar-refractivity contribution in [2.24, 2.45) is 0 Å². The number of rotatable bonds is 6. The molecule has 110 valence electrons. The number of ether oxygens (including phenoxy) is 1. The molecular formula is C17H18FNO2. The minimum absolute atomic E-state index is 0.0890. The van der Waals surface area contributed by atoms with Gasteiger partial charge in [0.1, 0.15) is 5.82 Å². The Kier molecular flexibility index (Phi) is 5.46. The molecule has 2 aromatic carbocycles. The van der Waals surface area contributed by atoms with Crippen LogP contribution in [0.15, 0.2) is 48.5 Å². The molecule has 21 heavy (non-hydrogen) atoms. The fourth-order valence-electron chi connectivity index (χ4n) is 2.07. The number of nitrogens with one attached hydrogen (secondary N) is 1. The van der Waals surface area contributed by atoms with Crippen molar-refractivity contribution < 1.29 is 13.9 Å². The fraction of sp³-hybridized carbons (Fsp3) is 0.235. The molecule has 0 saturated heterocycles. The highest BCUT2D eigenvalue weighted by atomic mass is 19.1. The van der Waals surface area contributed by atoms with Crippen molar-refractivity contribution in [1.82, 2.24) is 5.32 Å². The van der Waals surface area contributed by atoms with Gasteiger partial charge in [-0.2, -0.15) is 0 Å². The Morgan fingerprint density at radius 3 is 2.43 bits per heavy atom. The van der Waals surface area contributed by atoms with Crippen molar-refractivity contribution >= 4 is 5.91 Å². The average molecular weight is 287 g/mol. The van der Waals surface area contributed by atoms with Crippen LogP contribution in [0.1, 0.15) is 16.7 Å².